The molecular weight excluding hydrogens is 172 g/mol. The number of aliphatic hydroxyl groups is 1. The maximum Gasteiger partial charge on any atom is 0.0542 e. The zero-order valence-electron chi connectivity index (χ0n) is 10.8. The van der Waals surface area contributed by atoms with Gasteiger partial charge in [-0.15, -0.1) is 0 Å². The second-order valence-electron chi connectivity index (χ2n) is 5.97. The first-order chi connectivity index (χ1) is 6.25. The lowest BCUT2D eigenvalue weighted by molar-refractivity contribution is 0.109. The minimum atomic E-state index is -0.104. The molecule has 86 valence electrons. The van der Waals surface area contributed by atoms with Gasteiger partial charge < -0.3 is 5.11 Å². The van der Waals surface area contributed by atoms with E-state index in [0.717, 1.165) is 19.3 Å². The highest BCUT2D eigenvalue weighted by Crippen LogP contribution is 2.32. The van der Waals surface area contributed by atoms with E-state index in [2.05, 4.69) is 41.5 Å². The summed E-state index contributed by atoms with van der Waals surface area (Å²) in [5.41, 5.74) is 0.359. The number of aliphatic hydroxyl groups excluding tert-OH is 1. The Balaban J connectivity index is 3.81. The first-order valence-electron chi connectivity index (χ1n) is 5.93. The number of rotatable bonds is 6. The van der Waals surface area contributed by atoms with E-state index in [1.54, 1.807) is 0 Å². The Bertz CT molecular complexity index is 147. The molecule has 0 heterocycles. The standard InChI is InChI=1S/C13H28O/c1-10(2)9-12(14)7-8-13(5,6)11(3)4/h10-12,14H,7-9H2,1-6H3. The van der Waals surface area contributed by atoms with Crippen molar-refractivity contribution in [3.8, 4) is 0 Å². The molecule has 1 nitrogen and oxygen atoms in total. The van der Waals surface area contributed by atoms with Crippen LogP contribution >= 0.6 is 0 Å². The molecule has 0 fully saturated rings. The average molecular weight is 200 g/mol. The van der Waals surface area contributed by atoms with Crippen LogP contribution in [-0.2, 0) is 0 Å². The van der Waals surface area contributed by atoms with Crippen LogP contribution in [0.15, 0.2) is 0 Å². The molecule has 0 rings (SSSR count). The lowest BCUT2D eigenvalue weighted by Gasteiger charge is -2.30. The molecular formula is C13H28O. The SMILES string of the molecule is CC(C)CC(O)CCC(C)(C)C(C)C. The highest BCUT2D eigenvalue weighted by Gasteiger charge is 2.23. The molecule has 0 saturated heterocycles. The van der Waals surface area contributed by atoms with Crippen molar-refractivity contribution in [3.05, 3.63) is 0 Å². The summed E-state index contributed by atoms with van der Waals surface area (Å²) >= 11 is 0. The minimum Gasteiger partial charge on any atom is -0.393 e. The molecule has 0 aliphatic carbocycles. The third-order valence-electron chi connectivity index (χ3n) is 3.43. The van der Waals surface area contributed by atoms with E-state index >= 15 is 0 Å². The van der Waals surface area contributed by atoms with Crippen LogP contribution in [0.5, 0.6) is 0 Å². The molecule has 1 N–H and O–H groups in total. The Hall–Kier alpha value is -0.0400. The molecule has 0 spiro atoms. The summed E-state index contributed by atoms with van der Waals surface area (Å²) in [5.74, 6) is 1.29. The molecule has 0 aromatic rings. The van der Waals surface area contributed by atoms with Gasteiger partial charge in [0.1, 0.15) is 0 Å². The second-order valence-corrected chi connectivity index (χ2v) is 5.97. The van der Waals surface area contributed by atoms with Crippen molar-refractivity contribution in [2.75, 3.05) is 0 Å². The van der Waals surface area contributed by atoms with Gasteiger partial charge in [0, 0.05) is 0 Å². The molecule has 0 aromatic carbocycles. The van der Waals surface area contributed by atoms with Gasteiger partial charge >= 0.3 is 0 Å². The van der Waals surface area contributed by atoms with E-state index in [-0.39, 0.29) is 6.10 Å². The van der Waals surface area contributed by atoms with Crippen LogP contribution in [0.1, 0.15) is 60.8 Å². The molecule has 0 aliphatic heterocycles. The predicted octanol–water partition coefficient (Wildman–Crippen LogP) is 3.86. The fourth-order valence-corrected chi connectivity index (χ4v) is 1.49. The van der Waals surface area contributed by atoms with E-state index in [1.807, 2.05) is 0 Å². The van der Waals surface area contributed by atoms with Crippen molar-refractivity contribution in [1.29, 1.82) is 0 Å². The fraction of sp³-hybridized carbons (Fsp3) is 1.00. The van der Waals surface area contributed by atoms with Gasteiger partial charge in [0.25, 0.3) is 0 Å². The van der Waals surface area contributed by atoms with Crippen molar-refractivity contribution in [3.63, 3.8) is 0 Å². The van der Waals surface area contributed by atoms with Gasteiger partial charge in [-0.2, -0.15) is 0 Å². The van der Waals surface area contributed by atoms with Crippen LogP contribution in [0.2, 0.25) is 0 Å². The van der Waals surface area contributed by atoms with E-state index < -0.39 is 0 Å². The van der Waals surface area contributed by atoms with E-state index in [4.69, 9.17) is 0 Å². The van der Waals surface area contributed by atoms with Crippen molar-refractivity contribution in [2.45, 2.75) is 66.9 Å². The van der Waals surface area contributed by atoms with Crippen LogP contribution in [0.3, 0.4) is 0 Å². The van der Waals surface area contributed by atoms with Crippen LogP contribution in [-0.4, -0.2) is 11.2 Å². The molecule has 0 aromatic heterocycles. The fourth-order valence-electron chi connectivity index (χ4n) is 1.49. The van der Waals surface area contributed by atoms with Gasteiger partial charge in [0.15, 0.2) is 0 Å². The van der Waals surface area contributed by atoms with Crippen LogP contribution < -0.4 is 0 Å². The third kappa shape index (κ3) is 5.64. The quantitative estimate of drug-likeness (QED) is 0.690. The lowest BCUT2D eigenvalue weighted by atomic mass is 9.76. The summed E-state index contributed by atoms with van der Waals surface area (Å²) in [6.07, 6.45) is 2.91. The molecule has 0 amide bonds. The highest BCUT2D eigenvalue weighted by atomic mass is 16.3. The summed E-state index contributed by atoms with van der Waals surface area (Å²) < 4.78 is 0. The average Bonchev–Trinajstić information content (AvgIpc) is 1.99. The van der Waals surface area contributed by atoms with Crippen molar-refractivity contribution < 1.29 is 5.11 Å². The van der Waals surface area contributed by atoms with Crippen LogP contribution in [0.4, 0.5) is 0 Å². The normalized spacial score (nSPS) is 15.2. The first-order valence-corrected chi connectivity index (χ1v) is 5.93. The molecule has 0 bridgehead atoms. The van der Waals surface area contributed by atoms with Gasteiger partial charge in [-0.3, -0.25) is 0 Å². The number of hydrogen-bond acceptors (Lipinski definition) is 1. The topological polar surface area (TPSA) is 20.2 Å². The maximum absolute atomic E-state index is 9.76. The second kappa shape index (κ2) is 5.75. The molecule has 0 aliphatic rings. The zero-order valence-corrected chi connectivity index (χ0v) is 10.8. The monoisotopic (exact) mass is 200 g/mol. The Kier molecular flexibility index (Phi) is 5.73. The minimum absolute atomic E-state index is 0.104. The van der Waals surface area contributed by atoms with Gasteiger partial charge in [-0.25, -0.2) is 0 Å². The van der Waals surface area contributed by atoms with Crippen LogP contribution in [0, 0.1) is 17.3 Å². The van der Waals surface area contributed by atoms with Crippen molar-refractivity contribution in [1.82, 2.24) is 0 Å². The van der Waals surface area contributed by atoms with E-state index in [9.17, 15) is 5.11 Å². The Labute approximate surface area is 89.9 Å². The van der Waals surface area contributed by atoms with Crippen molar-refractivity contribution >= 4 is 0 Å². The van der Waals surface area contributed by atoms with Gasteiger partial charge in [0.05, 0.1) is 6.10 Å². The summed E-state index contributed by atoms with van der Waals surface area (Å²) in [6.45, 7) is 13.4. The summed E-state index contributed by atoms with van der Waals surface area (Å²) in [4.78, 5) is 0. The van der Waals surface area contributed by atoms with Gasteiger partial charge in [0.2, 0.25) is 0 Å². The number of hydrogen-bond donors (Lipinski definition) is 1. The molecule has 1 unspecified atom stereocenters. The molecule has 0 radical (unpaired) electrons. The third-order valence-corrected chi connectivity index (χ3v) is 3.43. The van der Waals surface area contributed by atoms with E-state index in [1.165, 1.54) is 0 Å². The Morgan fingerprint density at radius 3 is 1.93 bits per heavy atom. The zero-order chi connectivity index (χ0) is 11.4. The first kappa shape index (κ1) is 14.0. The van der Waals surface area contributed by atoms with Gasteiger partial charge in [-0.1, -0.05) is 41.5 Å². The summed E-state index contributed by atoms with van der Waals surface area (Å²) in [7, 11) is 0. The Morgan fingerprint density at radius 2 is 1.57 bits per heavy atom. The van der Waals surface area contributed by atoms with Crippen molar-refractivity contribution in [2.24, 2.45) is 17.3 Å². The highest BCUT2D eigenvalue weighted by molar-refractivity contribution is 4.74. The molecule has 1 heteroatoms. The molecule has 0 saturated carbocycles. The van der Waals surface area contributed by atoms with Crippen LogP contribution in [0.25, 0.3) is 0 Å². The molecule has 14 heavy (non-hydrogen) atoms. The molecule has 1 atom stereocenters. The summed E-state index contributed by atoms with van der Waals surface area (Å²) in [5, 5.41) is 9.76. The van der Waals surface area contributed by atoms with Gasteiger partial charge in [-0.05, 0) is 36.5 Å². The predicted molar refractivity (Wildman–Crippen MR) is 63.3 cm³/mol. The largest absolute Gasteiger partial charge is 0.393 e. The Morgan fingerprint density at radius 1 is 1.07 bits per heavy atom. The summed E-state index contributed by atoms with van der Waals surface area (Å²) in [6, 6.07) is 0. The smallest absolute Gasteiger partial charge is 0.0542 e. The maximum atomic E-state index is 9.76. The van der Waals surface area contributed by atoms with E-state index in [0.29, 0.717) is 17.3 Å². The lowest BCUT2D eigenvalue weighted by Crippen LogP contribution is -2.22.